The third-order valence-electron chi connectivity index (χ3n) is 3.14. The van der Waals surface area contributed by atoms with Gasteiger partial charge in [-0.2, -0.15) is 0 Å². The fraction of sp³-hybridized carbons (Fsp3) is 0.176. The second-order valence-corrected chi connectivity index (χ2v) is 5.25. The fourth-order valence-electron chi connectivity index (χ4n) is 1.96. The highest BCUT2D eigenvalue weighted by Crippen LogP contribution is 2.14. The molecule has 2 aromatic rings. The molecule has 2 aromatic carbocycles. The number of methoxy groups -OCH3 is 1. The second kappa shape index (κ2) is 8.19. The summed E-state index contributed by atoms with van der Waals surface area (Å²) in [6, 6.07) is 14.1. The largest absolute Gasteiger partial charge is 0.497 e. The Kier molecular flexibility index (Phi) is 6.00. The normalized spacial score (nSPS) is 10.0. The quantitative estimate of drug-likeness (QED) is 0.827. The maximum absolute atomic E-state index is 11.8. The number of ether oxygens (including phenoxy) is 1. The van der Waals surface area contributed by atoms with Crippen LogP contribution in [0.2, 0.25) is 5.02 Å². The highest BCUT2D eigenvalue weighted by Gasteiger charge is 2.13. The van der Waals surface area contributed by atoms with E-state index in [4.69, 9.17) is 16.3 Å². The topological polar surface area (TPSA) is 67.4 Å². The molecule has 2 N–H and O–H groups in total. The van der Waals surface area contributed by atoms with E-state index in [0.717, 1.165) is 5.56 Å². The molecule has 0 saturated heterocycles. The van der Waals surface area contributed by atoms with Crippen molar-refractivity contribution in [3.63, 3.8) is 0 Å². The van der Waals surface area contributed by atoms with E-state index < -0.39 is 11.8 Å². The van der Waals surface area contributed by atoms with Gasteiger partial charge >= 0.3 is 11.8 Å². The molecule has 23 heavy (non-hydrogen) atoms. The zero-order chi connectivity index (χ0) is 16.7. The molecule has 0 spiro atoms. The molecule has 120 valence electrons. The van der Waals surface area contributed by atoms with Crippen LogP contribution in [-0.2, 0) is 16.0 Å². The molecule has 0 aliphatic carbocycles. The molecule has 5 nitrogen and oxygen atoms in total. The van der Waals surface area contributed by atoms with Gasteiger partial charge in [0.2, 0.25) is 0 Å². The van der Waals surface area contributed by atoms with E-state index in [9.17, 15) is 9.59 Å². The second-order valence-electron chi connectivity index (χ2n) is 4.82. The van der Waals surface area contributed by atoms with Crippen LogP contribution in [0.5, 0.6) is 5.75 Å². The van der Waals surface area contributed by atoms with Crippen LogP contribution in [0.25, 0.3) is 0 Å². The first kappa shape index (κ1) is 16.8. The van der Waals surface area contributed by atoms with Gasteiger partial charge in [-0.3, -0.25) is 9.59 Å². The number of carbonyl (C=O) groups is 2. The summed E-state index contributed by atoms with van der Waals surface area (Å²) in [7, 11) is 1.56. The van der Waals surface area contributed by atoms with E-state index in [0.29, 0.717) is 29.4 Å². The molecule has 2 rings (SSSR count). The summed E-state index contributed by atoms with van der Waals surface area (Å²) in [4.78, 5) is 23.5. The minimum atomic E-state index is -0.707. The van der Waals surface area contributed by atoms with Crippen LogP contribution in [0.15, 0.2) is 48.5 Å². The Morgan fingerprint density at radius 2 is 1.83 bits per heavy atom. The third-order valence-corrected chi connectivity index (χ3v) is 3.38. The fourth-order valence-corrected chi connectivity index (χ4v) is 2.17. The van der Waals surface area contributed by atoms with Gasteiger partial charge in [0.05, 0.1) is 7.11 Å². The highest BCUT2D eigenvalue weighted by molar-refractivity contribution is 6.39. The van der Waals surface area contributed by atoms with Crippen LogP contribution in [0, 0.1) is 0 Å². The van der Waals surface area contributed by atoms with Gasteiger partial charge in [0, 0.05) is 17.3 Å². The van der Waals surface area contributed by atoms with Crippen molar-refractivity contribution in [3.05, 3.63) is 59.1 Å². The van der Waals surface area contributed by atoms with E-state index in [1.807, 2.05) is 18.2 Å². The summed E-state index contributed by atoms with van der Waals surface area (Å²) in [6.45, 7) is 0.356. The standard InChI is InChI=1S/C17H17ClN2O3/c1-23-15-7-5-14(6-8-15)20-17(22)16(21)19-10-9-12-3-2-4-13(18)11-12/h2-8,11H,9-10H2,1H3,(H,19,21)(H,20,22). The van der Waals surface area contributed by atoms with E-state index in [1.165, 1.54) is 0 Å². The smallest absolute Gasteiger partial charge is 0.313 e. The van der Waals surface area contributed by atoms with E-state index >= 15 is 0 Å². The van der Waals surface area contributed by atoms with Crippen LogP contribution < -0.4 is 15.4 Å². The average molecular weight is 333 g/mol. The van der Waals surface area contributed by atoms with Crippen molar-refractivity contribution < 1.29 is 14.3 Å². The molecule has 0 bridgehead atoms. The van der Waals surface area contributed by atoms with Gasteiger partial charge in [-0.25, -0.2) is 0 Å². The van der Waals surface area contributed by atoms with Gasteiger partial charge in [0.15, 0.2) is 0 Å². The summed E-state index contributed by atoms with van der Waals surface area (Å²) in [6.07, 6.45) is 0.599. The molecule has 2 amide bonds. The molecule has 0 unspecified atom stereocenters. The van der Waals surface area contributed by atoms with Gasteiger partial charge < -0.3 is 15.4 Å². The molecule has 0 aromatic heterocycles. The molecule has 0 fully saturated rings. The van der Waals surface area contributed by atoms with Crippen LogP contribution in [0.4, 0.5) is 5.69 Å². The Morgan fingerprint density at radius 3 is 2.48 bits per heavy atom. The first-order valence-corrected chi connectivity index (χ1v) is 7.44. The Hall–Kier alpha value is -2.53. The number of amides is 2. The lowest BCUT2D eigenvalue weighted by molar-refractivity contribution is -0.136. The highest BCUT2D eigenvalue weighted by atomic mass is 35.5. The van der Waals surface area contributed by atoms with Crippen LogP contribution in [0.1, 0.15) is 5.56 Å². The summed E-state index contributed by atoms with van der Waals surface area (Å²) >= 11 is 5.89. The first-order valence-electron chi connectivity index (χ1n) is 7.06. The zero-order valence-electron chi connectivity index (χ0n) is 12.6. The number of nitrogens with one attached hydrogen (secondary N) is 2. The average Bonchev–Trinajstić information content (AvgIpc) is 2.55. The monoisotopic (exact) mass is 332 g/mol. The summed E-state index contributed by atoms with van der Waals surface area (Å²) in [5.41, 5.74) is 1.52. The minimum Gasteiger partial charge on any atom is -0.497 e. The maximum atomic E-state index is 11.8. The van der Waals surface area contributed by atoms with Gasteiger partial charge in [0.1, 0.15) is 5.75 Å². The molecule has 0 aliphatic rings. The number of hydrogen-bond donors (Lipinski definition) is 2. The minimum absolute atomic E-state index is 0.356. The Morgan fingerprint density at radius 1 is 1.09 bits per heavy atom. The van der Waals surface area contributed by atoms with Crippen molar-refractivity contribution in [3.8, 4) is 5.75 Å². The van der Waals surface area contributed by atoms with Gasteiger partial charge in [0.25, 0.3) is 0 Å². The van der Waals surface area contributed by atoms with Crippen molar-refractivity contribution in [2.24, 2.45) is 0 Å². The van der Waals surface area contributed by atoms with E-state index in [2.05, 4.69) is 10.6 Å². The lowest BCUT2D eigenvalue weighted by atomic mass is 10.1. The van der Waals surface area contributed by atoms with E-state index in [1.54, 1.807) is 37.4 Å². The van der Waals surface area contributed by atoms with Crippen LogP contribution in [-0.4, -0.2) is 25.5 Å². The van der Waals surface area contributed by atoms with Crippen molar-refractivity contribution in [1.29, 1.82) is 0 Å². The molecular formula is C17H17ClN2O3. The molecule has 0 atom stereocenters. The van der Waals surface area contributed by atoms with E-state index in [-0.39, 0.29) is 0 Å². The Labute approximate surface area is 139 Å². The zero-order valence-corrected chi connectivity index (χ0v) is 13.4. The number of benzene rings is 2. The summed E-state index contributed by atoms with van der Waals surface area (Å²) in [5, 5.41) is 5.74. The number of anilines is 1. The molecule has 0 aliphatic heterocycles. The van der Waals surface area contributed by atoms with Crippen molar-refractivity contribution in [2.75, 3.05) is 19.0 Å². The van der Waals surface area contributed by atoms with Crippen molar-refractivity contribution in [2.45, 2.75) is 6.42 Å². The van der Waals surface area contributed by atoms with Gasteiger partial charge in [-0.1, -0.05) is 23.7 Å². The molecule has 0 saturated carbocycles. The Balaban J connectivity index is 1.79. The third kappa shape index (κ3) is 5.30. The molecule has 6 heteroatoms. The number of carbonyl (C=O) groups excluding carboxylic acids is 2. The van der Waals surface area contributed by atoms with Crippen molar-refractivity contribution >= 4 is 29.1 Å². The lowest BCUT2D eigenvalue weighted by Crippen LogP contribution is -2.36. The number of hydrogen-bond acceptors (Lipinski definition) is 3. The SMILES string of the molecule is COc1ccc(NC(=O)C(=O)NCCc2cccc(Cl)c2)cc1. The first-order chi connectivity index (χ1) is 11.1. The maximum Gasteiger partial charge on any atom is 0.313 e. The molecule has 0 radical (unpaired) electrons. The molecular weight excluding hydrogens is 316 g/mol. The number of halogens is 1. The van der Waals surface area contributed by atoms with Crippen LogP contribution >= 0.6 is 11.6 Å². The van der Waals surface area contributed by atoms with Gasteiger partial charge in [-0.05, 0) is 48.4 Å². The van der Waals surface area contributed by atoms with Gasteiger partial charge in [-0.15, -0.1) is 0 Å². The predicted octanol–water partition coefficient (Wildman–Crippen LogP) is 2.65. The Bertz CT molecular complexity index is 686. The van der Waals surface area contributed by atoms with Crippen molar-refractivity contribution in [1.82, 2.24) is 5.32 Å². The predicted molar refractivity (Wildman–Crippen MR) is 89.8 cm³/mol. The summed E-state index contributed by atoms with van der Waals surface area (Å²) < 4.78 is 5.02. The van der Waals surface area contributed by atoms with Crippen LogP contribution in [0.3, 0.4) is 0 Å². The summed E-state index contributed by atoms with van der Waals surface area (Å²) in [5.74, 6) is -0.710. The molecule has 0 heterocycles. The number of rotatable bonds is 5. The lowest BCUT2D eigenvalue weighted by Gasteiger charge is -2.07.